The average Bonchev–Trinajstić information content (AvgIpc) is 2.28. The van der Waals surface area contributed by atoms with E-state index in [9.17, 15) is 4.39 Å². The van der Waals surface area contributed by atoms with Gasteiger partial charge in [-0.1, -0.05) is 32.9 Å². The Morgan fingerprint density at radius 2 is 2.06 bits per heavy atom. The molecule has 18 heavy (non-hydrogen) atoms. The Morgan fingerprint density at radius 3 is 2.61 bits per heavy atom. The first kappa shape index (κ1) is 15.6. The molecular formula is C14H21BrFNO. The highest BCUT2D eigenvalue weighted by Gasteiger charge is 2.23. The summed E-state index contributed by atoms with van der Waals surface area (Å²) < 4.78 is 13.9. The van der Waals surface area contributed by atoms with Crippen LogP contribution in [0.4, 0.5) is 4.39 Å². The van der Waals surface area contributed by atoms with Gasteiger partial charge in [0.2, 0.25) is 0 Å². The topological polar surface area (TPSA) is 32.3 Å². The second kappa shape index (κ2) is 6.64. The van der Waals surface area contributed by atoms with Gasteiger partial charge in [-0.25, -0.2) is 4.39 Å². The van der Waals surface area contributed by atoms with Crippen LogP contribution in [0.3, 0.4) is 0 Å². The standard InChI is InChI=1S/C14H21BrFNO/c1-14(2,3)12(7-8-18)17-9-10-5-4-6-11(16)13(10)15/h4-6,12,17-18H,7-9H2,1-3H3. The molecule has 0 radical (unpaired) electrons. The Balaban J connectivity index is 2.70. The van der Waals surface area contributed by atoms with E-state index < -0.39 is 0 Å². The first-order valence-electron chi connectivity index (χ1n) is 6.13. The molecule has 102 valence electrons. The number of benzene rings is 1. The van der Waals surface area contributed by atoms with Crippen LogP contribution in [0.5, 0.6) is 0 Å². The molecule has 0 aliphatic carbocycles. The molecular weight excluding hydrogens is 297 g/mol. The van der Waals surface area contributed by atoms with Crippen LogP contribution in [0.15, 0.2) is 22.7 Å². The normalized spacial score (nSPS) is 13.7. The van der Waals surface area contributed by atoms with Crippen molar-refractivity contribution in [3.8, 4) is 0 Å². The van der Waals surface area contributed by atoms with E-state index in [4.69, 9.17) is 5.11 Å². The summed E-state index contributed by atoms with van der Waals surface area (Å²) in [6.07, 6.45) is 0.691. The fraction of sp³-hybridized carbons (Fsp3) is 0.571. The number of halogens is 2. The minimum atomic E-state index is -0.247. The van der Waals surface area contributed by atoms with E-state index in [2.05, 4.69) is 42.0 Å². The molecule has 1 aromatic rings. The molecule has 2 N–H and O–H groups in total. The highest BCUT2D eigenvalue weighted by atomic mass is 79.9. The lowest BCUT2D eigenvalue weighted by molar-refractivity contribution is 0.196. The van der Waals surface area contributed by atoms with Crippen LogP contribution in [-0.4, -0.2) is 17.8 Å². The van der Waals surface area contributed by atoms with Crippen LogP contribution in [0.2, 0.25) is 0 Å². The molecule has 1 atom stereocenters. The summed E-state index contributed by atoms with van der Waals surface area (Å²) in [6, 6.07) is 5.22. The summed E-state index contributed by atoms with van der Waals surface area (Å²) in [6.45, 7) is 7.11. The third kappa shape index (κ3) is 4.34. The summed E-state index contributed by atoms with van der Waals surface area (Å²) in [7, 11) is 0. The molecule has 0 bridgehead atoms. The molecule has 0 aliphatic heterocycles. The van der Waals surface area contributed by atoms with Crippen molar-refractivity contribution in [1.29, 1.82) is 0 Å². The predicted octanol–water partition coefficient (Wildman–Crippen LogP) is 3.47. The Bertz CT molecular complexity index is 390. The molecule has 0 aliphatic rings. The predicted molar refractivity (Wildman–Crippen MR) is 75.9 cm³/mol. The Kier molecular flexibility index (Phi) is 5.76. The molecule has 0 saturated carbocycles. The van der Waals surface area contributed by atoms with E-state index in [0.29, 0.717) is 17.4 Å². The van der Waals surface area contributed by atoms with Gasteiger partial charge in [-0.2, -0.15) is 0 Å². The van der Waals surface area contributed by atoms with Gasteiger partial charge in [0, 0.05) is 19.2 Å². The lowest BCUT2D eigenvalue weighted by Gasteiger charge is -2.31. The Hall–Kier alpha value is -0.450. The number of hydrogen-bond donors (Lipinski definition) is 2. The maximum absolute atomic E-state index is 13.4. The Morgan fingerprint density at radius 1 is 1.39 bits per heavy atom. The quantitative estimate of drug-likeness (QED) is 0.871. The number of rotatable bonds is 5. The van der Waals surface area contributed by atoms with E-state index in [-0.39, 0.29) is 23.9 Å². The summed E-state index contributed by atoms with van der Waals surface area (Å²) in [5.41, 5.74) is 0.949. The third-order valence-corrected chi connectivity index (χ3v) is 3.92. The first-order valence-corrected chi connectivity index (χ1v) is 6.92. The van der Waals surface area contributed by atoms with Crippen LogP contribution in [-0.2, 0) is 6.54 Å². The zero-order valence-corrected chi connectivity index (χ0v) is 12.7. The molecule has 0 spiro atoms. The zero-order chi connectivity index (χ0) is 13.8. The zero-order valence-electron chi connectivity index (χ0n) is 11.1. The van der Waals surface area contributed by atoms with Crippen LogP contribution >= 0.6 is 15.9 Å². The highest BCUT2D eigenvalue weighted by Crippen LogP contribution is 2.24. The maximum atomic E-state index is 13.4. The fourth-order valence-corrected chi connectivity index (χ4v) is 2.29. The van der Waals surface area contributed by atoms with Gasteiger partial charge < -0.3 is 10.4 Å². The molecule has 4 heteroatoms. The SMILES string of the molecule is CC(C)(C)C(CCO)NCc1cccc(F)c1Br. The van der Waals surface area contributed by atoms with Crippen molar-refractivity contribution in [3.05, 3.63) is 34.1 Å². The lowest BCUT2D eigenvalue weighted by atomic mass is 9.85. The molecule has 1 aromatic carbocycles. The van der Waals surface area contributed by atoms with E-state index >= 15 is 0 Å². The van der Waals surface area contributed by atoms with Gasteiger partial charge in [-0.3, -0.25) is 0 Å². The van der Waals surface area contributed by atoms with Crippen molar-refractivity contribution < 1.29 is 9.50 Å². The minimum Gasteiger partial charge on any atom is -0.396 e. The van der Waals surface area contributed by atoms with Gasteiger partial charge in [0.1, 0.15) is 5.82 Å². The highest BCUT2D eigenvalue weighted by molar-refractivity contribution is 9.10. The van der Waals surface area contributed by atoms with Crippen LogP contribution < -0.4 is 5.32 Å². The van der Waals surface area contributed by atoms with Gasteiger partial charge in [-0.05, 0) is 39.4 Å². The summed E-state index contributed by atoms with van der Waals surface area (Å²) in [4.78, 5) is 0. The smallest absolute Gasteiger partial charge is 0.137 e. The molecule has 1 unspecified atom stereocenters. The van der Waals surface area contributed by atoms with Crippen molar-refractivity contribution >= 4 is 15.9 Å². The first-order chi connectivity index (χ1) is 8.36. The van der Waals surface area contributed by atoms with Gasteiger partial charge in [0.05, 0.1) is 4.47 Å². The fourth-order valence-electron chi connectivity index (χ4n) is 1.89. The van der Waals surface area contributed by atoms with Crippen molar-refractivity contribution in [3.63, 3.8) is 0 Å². The number of aliphatic hydroxyl groups excluding tert-OH is 1. The van der Waals surface area contributed by atoms with Crippen LogP contribution in [0.25, 0.3) is 0 Å². The average molecular weight is 318 g/mol. The van der Waals surface area contributed by atoms with Crippen molar-refractivity contribution in [2.45, 2.75) is 39.8 Å². The number of aliphatic hydroxyl groups is 1. The molecule has 0 saturated heterocycles. The van der Waals surface area contributed by atoms with Crippen molar-refractivity contribution in [2.75, 3.05) is 6.61 Å². The van der Waals surface area contributed by atoms with Gasteiger partial charge >= 0.3 is 0 Å². The second-order valence-corrected chi connectivity index (χ2v) is 6.32. The van der Waals surface area contributed by atoms with E-state index in [1.807, 2.05) is 6.07 Å². The molecule has 0 amide bonds. The summed E-state index contributed by atoms with van der Waals surface area (Å²) in [5, 5.41) is 12.5. The largest absolute Gasteiger partial charge is 0.396 e. The van der Waals surface area contributed by atoms with Crippen LogP contribution in [0.1, 0.15) is 32.8 Å². The third-order valence-electron chi connectivity index (χ3n) is 3.03. The number of hydrogen-bond acceptors (Lipinski definition) is 2. The summed E-state index contributed by atoms with van der Waals surface area (Å²) >= 11 is 3.26. The minimum absolute atomic E-state index is 0.0581. The van der Waals surface area contributed by atoms with Crippen molar-refractivity contribution in [1.82, 2.24) is 5.32 Å². The lowest BCUT2D eigenvalue weighted by Crippen LogP contribution is -2.40. The molecule has 1 rings (SSSR count). The molecule has 0 aromatic heterocycles. The van der Waals surface area contributed by atoms with Crippen molar-refractivity contribution in [2.24, 2.45) is 5.41 Å². The van der Waals surface area contributed by atoms with Gasteiger partial charge in [-0.15, -0.1) is 0 Å². The van der Waals surface area contributed by atoms with E-state index in [1.165, 1.54) is 6.07 Å². The molecule has 2 nitrogen and oxygen atoms in total. The van der Waals surface area contributed by atoms with E-state index in [1.54, 1.807) is 6.07 Å². The van der Waals surface area contributed by atoms with Gasteiger partial charge in [0.25, 0.3) is 0 Å². The number of nitrogens with one attached hydrogen (secondary N) is 1. The summed E-state index contributed by atoms with van der Waals surface area (Å²) in [5.74, 6) is -0.247. The van der Waals surface area contributed by atoms with E-state index in [0.717, 1.165) is 5.56 Å². The second-order valence-electron chi connectivity index (χ2n) is 5.52. The van der Waals surface area contributed by atoms with Crippen LogP contribution in [0, 0.1) is 11.2 Å². The maximum Gasteiger partial charge on any atom is 0.137 e. The Labute approximate surface area is 117 Å². The molecule has 0 heterocycles. The monoisotopic (exact) mass is 317 g/mol. The van der Waals surface area contributed by atoms with Gasteiger partial charge in [0.15, 0.2) is 0 Å². The molecule has 0 fully saturated rings.